The Morgan fingerprint density at radius 2 is 1.93 bits per heavy atom. The Labute approximate surface area is 81.4 Å². The summed E-state index contributed by atoms with van der Waals surface area (Å²) in [5, 5.41) is 8.36. The van der Waals surface area contributed by atoms with Gasteiger partial charge in [0.05, 0.1) is 7.11 Å². The van der Waals surface area contributed by atoms with Crippen molar-refractivity contribution in [2.24, 2.45) is 0 Å². The van der Waals surface area contributed by atoms with Gasteiger partial charge in [-0.3, -0.25) is 14.4 Å². The first kappa shape index (κ1) is 12.4. The lowest BCUT2D eigenvalue weighted by atomic mass is 10.3. The Balaban J connectivity index is 4.19. The molecule has 0 spiro atoms. The van der Waals surface area contributed by atoms with E-state index in [1.54, 1.807) is 6.92 Å². The quantitative estimate of drug-likeness (QED) is 0.480. The number of aliphatic carboxylic acids is 1. The smallest absolute Gasteiger partial charge is 0.325 e. The lowest BCUT2D eigenvalue weighted by Gasteiger charge is -2.18. The first-order valence-corrected chi connectivity index (χ1v) is 4.07. The first-order valence-electron chi connectivity index (χ1n) is 4.07. The van der Waals surface area contributed by atoms with Gasteiger partial charge in [0.2, 0.25) is 5.91 Å². The molecule has 0 aliphatic heterocycles. The van der Waals surface area contributed by atoms with Crippen LogP contribution >= 0.6 is 0 Å². The van der Waals surface area contributed by atoms with Gasteiger partial charge in [0.15, 0.2) is 0 Å². The molecule has 0 unspecified atom stereocenters. The molecule has 80 valence electrons. The SMILES string of the molecule is CCN(CC(=O)OC)C(=O)CC(=O)O. The summed E-state index contributed by atoms with van der Waals surface area (Å²) >= 11 is 0. The number of carbonyl (C=O) groups is 3. The van der Waals surface area contributed by atoms with Crippen molar-refractivity contribution in [1.29, 1.82) is 0 Å². The number of likely N-dealkylation sites (N-methyl/N-ethyl adjacent to an activating group) is 1. The van der Waals surface area contributed by atoms with Gasteiger partial charge in [-0.05, 0) is 6.92 Å². The zero-order valence-electron chi connectivity index (χ0n) is 8.15. The van der Waals surface area contributed by atoms with E-state index in [0.29, 0.717) is 0 Å². The highest BCUT2D eigenvalue weighted by molar-refractivity contribution is 5.94. The number of hydrogen-bond acceptors (Lipinski definition) is 4. The number of nitrogens with zero attached hydrogens (tertiary/aromatic N) is 1. The van der Waals surface area contributed by atoms with E-state index in [1.807, 2.05) is 0 Å². The zero-order valence-corrected chi connectivity index (χ0v) is 8.15. The average molecular weight is 203 g/mol. The number of methoxy groups -OCH3 is 1. The van der Waals surface area contributed by atoms with E-state index in [-0.39, 0.29) is 13.1 Å². The molecule has 1 amide bonds. The molecule has 0 aromatic carbocycles. The van der Waals surface area contributed by atoms with Crippen molar-refractivity contribution in [3.05, 3.63) is 0 Å². The van der Waals surface area contributed by atoms with Crippen LogP contribution in [0.3, 0.4) is 0 Å². The number of hydrogen-bond donors (Lipinski definition) is 1. The predicted octanol–water partition coefficient (Wildman–Crippen LogP) is -0.517. The highest BCUT2D eigenvalue weighted by atomic mass is 16.5. The van der Waals surface area contributed by atoms with Crippen molar-refractivity contribution in [1.82, 2.24) is 4.90 Å². The van der Waals surface area contributed by atoms with Crippen LogP contribution in [-0.4, -0.2) is 48.1 Å². The van der Waals surface area contributed by atoms with Crippen LogP contribution in [0.4, 0.5) is 0 Å². The lowest BCUT2D eigenvalue weighted by molar-refractivity contribution is -0.150. The second-order valence-electron chi connectivity index (χ2n) is 2.55. The number of rotatable bonds is 5. The van der Waals surface area contributed by atoms with Crippen molar-refractivity contribution in [3.63, 3.8) is 0 Å². The van der Waals surface area contributed by atoms with Crippen LogP contribution in [0.2, 0.25) is 0 Å². The minimum atomic E-state index is -1.21. The highest BCUT2D eigenvalue weighted by Gasteiger charge is 2.17. The number of carbonyl (C=O) groups excluding carboxylic acids is 2. The van der Waals surface area contributed by atoms with Crippen molar-refractivity contribution in [2.45, 2.75) is 13.3 Å². The molecule has 0 bridgehead atoms. The zero-order chi connectivity index (χ0) is 11.1. The van der Waals surface area contributed by atoms with Gasteiger partial charge in [0.25, 0.3) is 0 Å². The monoisotopic (exact) mass is 203 g/mol. The lowest BCUT2D eigenvalue weighted by Crippen LogP contribution is -2.36. The van der Waals surface area contributed by atoms with Crippen molar-refractivity contribution >= 4 is 17.8 Å². The van der Waals surface area contributed by atoms with Crippen LogP contribution in [0.25, 0.3) is 0 Å². The molecule has 0 aliphatic rings. The van der Waals surface area contributed by atoms with Gasteiger partial charge in [-0.1, -0.05) is 0 Å². The van der Waals surface area contributed by atoms with Crippen molar-refractivity contribution < 1.29 is 24.2 Å². The van der Waals surface area contributed by atoms with Gasteiger partial charge in [-0.2, -0.15) is 0 Å². The molecule has 0 saturated heterocycles. The van der Waals surface area contributed by atoms with Crippen molar-refractivity contribution in [2.75, 3.05) is 20.2 Å². The maximum absolute atomic E-state index is 11.2. The van der Waals surface area contributed by atoms with Gasteiger partial charge in [-0.25, -0.2) is 0 Å². The van der Waals surface area contributed by atoms with Gasteiger partial charge < -0.3 is 14.7 Å². The van der Waals surface area contributed by atoms with Crippen LogP contribution < -0.4 is 0 Å². The van der Waals surface area contributed by atoms with E-state index in [0.717, 1.165) is 4.90 Å². The van der Waals surface area contributed by atoms with E-state index in [9.17, 15) is 14.4 Å². The Morgan fingerprint density at radius 1 is 1.36 bits per heavy atom. The highest BCUT2D eigenvalue weighted by Crippen LogP contribution is 1.95. The number of amides is 1. The molecule has 0 aliphatic carbocycles. The Hall–Kier alpha value is -1.59. The summed E-state index contributed by atoms with van der Waals surface area (Å²) in [6.45, 7) is 1.73. The molecule has 0 radical (unpaired) electrons. The third-order valence-electron chi connectivity index (χ3n) is 1.58. The Bertz CT molecular complexity index is 238. The molecular formula is C8H13NO5. The molecule has 0 saturated carbocycles. The maximum Gasteiger partial charge on any atom is 0.325 e. The first-order chi connectivity index (χ1) is 6.51. The second kappa shape index (κ2) is 5.95. The molecule has 0 heterocycles. The summed E-state index contributed by atoms with van der Waals surface area (Å²) in [6.07, 6.45) is -0.606. The molecule has 6 heteroatoms. The number of carboxylic acids is 1. The van der Waals surface area contributed by atoms with E-state index in [4.69, 9.17) is 5.11 Å². The van der Waals surface area contributed by atoms with Gasteiger partial charge in [0.1, 0.15) is 13.0 Å². The molecule has 0 fully saturated rings. The van der Waals surface area contributed by atoms with Crippen LogP contribution in [0.1, 0.15) is 13.3 Å². The molecule has 0 aromatic heterocycles. The summed E-state index contributed by atoms with van der Waals surface area (Å²) in [5.41, 5.74) is 0. The van der Waals surface area contributed by atoms with Crippen LogP contribution in [-0.2, 0) is 19.1 Å². The minimum Gasteiger partial charge on any atom is -0.481 e. The summed E-state index contributed by atoms with van der Waals surface area (Å²) in [4.78, 5) is 33.3. The number of esters is 1. The summed E-state index contributed by atoms with van der Waals surface area (Å²) in [6, 6.07) is 0. The standard InChI is InChI=1S/C8H13NO5/c1-3-9(5-8(13)14-2)6(10)4-7(11)12/h3-5H2,1-2H3,(H,11,12). The second-order valence-corrected chi connectivity index (χ2v) is 2.55. The van der Waals surface area contributed by atoms with E-state index in [2.05, 4.69) is 4.74 Å². The van der Waals surface area contributed by atoms with Crippen LogP contribution in [0.15, 0.2) is 0 Å². The van der Waals surface area contributed by atoms with Gasteiger partial charge >= 0.3 is 11.9 Å². The minimum absolute atomic E-state index is 0.209. The molecule has 6 nitrogen and oxygen atoms in total. The third kappa shape index (κ3) is 4.44. The third-order valence-corrected chi connectivity index (χ3v) is 1.58. The normalized spacial score (nSPS) is 9.29. The molecule has 0 aromatic rings. The molecule has 14 heavy (non-hydrogen) atoms. The van der Waals surface area contributed by atoms with Gasteiger partial charge in [0, 0.05) is 6.54 Å². The fourth-order valence-electron chi connectivity index (χ4n) is 0.838. The summed E-state index contributed by atoms with van der Waals surface area (Å²) < 4.78 is 4.36. The summed E-state index contributed by atoms with van der Waals surface area (Å²) in [5.74, 6) is -2.37. The number of carboxylic acid groups (broad SMARTS) is 1. The van der Waals surface area contributed by atoms with E-state index in [1.165, 1.54) is 7.11 Å². The van der Waals surface area contributed by atoms with Crippen molar-refractivity contribution in [3.8, 4) is 0 Å². The average Bonchev–Trinajstić information content (AvgIpc) is 2.12. The molecule has 0 rings (SSSR count). The fourth-order valence-corrected chi connectivity index (χ4v) is 0.838. The molecule has 0 atom stereocenters. The Kier molecular flexibility index (Phi) is 5.28. The van der Waals surface area contributed by atoms with Gasteiger partial charge in [-0.15, -0.1) is 0 Å². The predicted molar refractivity (Wildman–Crippen MR) is 46.5 cm³/mol. The topological polar surface area (TPSA) is 83.9 Å². The maximum atomic E-state index is 11.2. The molecular weight excluding hydrogens is 190 g/mol. The molecule has 1 N–H and O–H groups in total. The largest absolute Gasteiger partial charge is 0.481 e. The Morgan fingerprint density at radius 3 is 2.29 bits per heavy atom. The fraction of sp³-hybridized carbons (Fsp3) is 0.625. The summed E-state index contributed by atoms with van der Waals surface area (Å²) in [7, 11) is 1.21. The van der Waals surface area contributed by atoms with E-state index >= 15 is 0 Å². The van der Waals surface area contributed by atoms with Crippen LogP contribution in [0, 0.1) is 0 Å². The van der Waals surface area contributed by atoms with Crippen LogP contribution in [0.5, 0.6) is 0 Å². The van der Waals surface area contributed by atoms with E-state index < -0.39 is 24.3 Å². The number of ether oxygens (including phenoxy) is 1.